The molecule has 3 rings (SSSR count). The summed E-state index contributed by atoms with van der Waals surface area (Å²) in [5.74, 6) is 0.143. The Balaban J connectivity index is 1.65. The number of rotatable bonds is 5. The molecule has 1 aliphatic heterocycles. The molecule has 1 aromatic heterocycles. The van der Waals surface area contributed by atoms with Crippen LogP contribution in [0.15, 0.2) is 16.8 Å². The highest BCUT2D eigenvalue weighted by atomic mass is 32.1. The molecule has 24 heavy (non-hydrogen) atoms. The largest absolute Gasteiger partial charge is 0.341 e. The Kier molecular flexibility index (Phi) is 5.76. The van der Waals surface area contributed by atoms with Crippen LogP contribution >= 0.6 is 11.3 Å². The van der Waals surface area contributed by atoms with Crippen molar-refractivity contribution < 1.29 is 9.59 Å². The van der Waals surface area contributed by atoms with Crippen molar-refractivity contribution >= 4 is 23.3 Å². The summed E-state index contributed by atoms with van der Waals surface area (Å²) in [5, 5.41) is 7.28. The van der Waals surface area contributed by atoms with E-state index >= 15 is 0 Å². The van der Waals surface area contributed by atoms with E-state index in [9.17, 15) is 9.59 Å². The Bertz CT molecular complexity index is 555. The van der Waals surface area contributed by atoms with Crippen molar-refractivity contribution in [3.05, 3.63) is 22.4 Å². The maximum Gasteiger partial charge on any atom is 0.318 e. The van der Waals surface area contributed by atoms with Crippen LogP contribution < -0.4 is 5.32 Å². The van der Waals surface area contributed by atoms with Crippen molar-refractivity contribution in [2.75, 3.05) is 13.1 Å². The third kappa shape index (κ3) is 4.09. The second kappa shape index (κ2) is 8.01. The van der Waals surface area contributed by atoms with Gasteiger partial charge < -0.3 is 15.1 Å². The van der Waals surface area contributed by atoms with Crippen LogP contribution in [0.3, 0.4) is 0 Å². The molecule has 1 aromatic rings. The van der Waals surface area contributed by atoms with Gasteiger partial charge in [0, 0.05) is 32.1 Å². The number of likely N-dealkylation sites (N-methyl/N-ethyl adjacent to an activating group) is 1. The number of hydrogen-bond donors (Lipinski definition) is 1. The van der Waals surface area contributed by atoms with Gasteiger partial charge in [0.25, 0.3) is 0 Å². The first-order valence-corrected chi connectivity index (χ1v) is 9.97. The number of thiophene rings is 1. The Morgan fingerprint density at radius 2 is 2.17 bits per heavy atom. The van der Waals surface area contributed by atoms with Crippen LogP contribution in [0.25, 0.3) is 0 Å². The SMILES string of the molecule is CCN1C[C@H](NC(=O)N(Cc2ccsc2)C2CCCCC2)CC1=O. The highest BCUT2D eigenvalue weighted by molar-refractivity contribution is 7.07. The van der Waals surface area contributed by atoms with Gasteiger partial charge >= 0.3 is 6.03 Å². The minimum atomic E-state index is -0.0569. The van der Waals surface area contributed by atoms with Crippen LogP contribution in [0.5, 0.6) is 0 Å². The Morgan fingerprint density at radius 3 is 2.79 bits per heavy atom. The summed E-state index contributed by atoms with van der Waals surface area (Å²) in [6, 6.07) is 2.34. The molecule has 2 aliphatic rings. The van der Waals surface area contributed by atoms with Crippen molar-refractivity contribution in [3.8, 4) is 0 Å². The second-order valence-electron chi connectivity index (χ2n) is 6.83. The number of amides is 3. The number of nitrogens with zero attached hydrogens (tertiary/aromatic N) is 2. The van der Waals surface area contributed by atoms with Gasteiger partial charge in [-0.05, 0) is 42.2 Å². The molecule has 2 heterocycles. The molecule has 0 bridgehead atoms. The molecule has 0 aromatic carbocycles. The zero-order valence-corrected chi connectivity index (χ0v) is 15.2. The van der Waals surface area contributed by atoms with E-state index in [1.54, 1.807) is 11.3 Å². The molecule has 1 saturated heterocycles. The lowest BCUT2D eigenvalue weighted by Crippen LogP contribution is -2.50. The lowest BCUT2D eigenvalue weighted by atomic mass is 9.94. The fourth-order valence-corrected chi connectivity index (χ4v) is 4.43. The predicted octanol–water partition coefficient (Wildman–Crippen LogP) is 3.21. The summed E-state index contributed by atoms with van der Waals surface area (Å²) in [6.45, 7) is 4.00. The lowest BCUT2D eigenvalue weighted by molar-refractivity contribution is -0.127. The molecule has 1 N–H and O–H groups in total. The fraction of sp³-hybridized carbons (Fsp3) is 0.667. The number of nitrogens with one attached hydrogen (secondary N) is 1. The molecule has 132 valence electrons. The second-order valence-corrected chi connectivity index (χ2v) is 7.61. The van der Waals surface area contributed by atoms with E-state index in [4.69, 9.17) is 0 Å². The van der Waals surface area contributed by atoms with Gasteiger partial charge in [-0.15, -0.1) is 0 Å². The monoisotopic (exact) mass is 349 g/mol. The first-order valence-electron chi connectivity index (χ1n) is 9.03. The van der Waals surface area contributed by atoms with Crippen LogP contribution in [-0.2, 0) is 11.3 Å². The first kappa shape index (κ1) is 17.3. The Labute approximate surface area is 148 Å². The minimum Gasteiger partial charge on any atom is -0.341 e. The van der Waals surface area contributed by atoms with E-state index in [1.807, 2.05) is 16.7 Å². The molecule has 1 saturated carbocycles. The lowest BCUT2D eigenvalue weighted by Gasteiger charge is -2.35. The van der Waals surface area contributed by atoms with Gasteiger partial charge in [-0.1, -0.05) is 19.3 Å². The van der Waals surface area contributed by atoms with Gasteiger partial charge in [-0.25, -0.2) is 4.79 Å². The fourth-order valence-electron chi connectivity index (χ4n) is 3.77. The van der Waals surface area contributed by atoms with Gasteiger partial charge in [0.2, 0.25) is 5.91 Å². The van der Waals surface area contributed by atoms with Crippen LogP contribution in [0, 0.1) is 0 Å². The number of carbonyl (C=O) groups is 2. The third-order valence-corrected chi connectivity index (χ3v) is 5.87. The van der Waals surface area contributed by atoms with Crippen molar-refractivity contribution in [1.82, 2.24) is 15.1 Å². The van der Waals surface area contributed by atoms with Gasteiger partial charge in [0.15, 0.2) is 0 Å². The zero-order valence-electron chi connectivity index (χ0n) is 14.4. The molecule has 0 spiro atoms. The quantitative estimate of drug-likeness (QED) is 0.887. The van der Waals surface area contributed by atoms with Gasteiger partial charge in [-0.3, -0.25) is 4.79 Å². The zero-order chi connectivity index (χ0) is 16.9. The molecule has 3 amide bonds. The van der Waals surface area contributed by atoms with E-state index in [1.165, 1.54) is 24.8 Å². The number of urea groups is 1. The summed E-state index contributed by atoms with van der Waals surface area (Å²) in [4.78, 5) is 28.6. The highest BCUT2D eigenvalue weighted by Crippen LogP contribution is 2.25. The van der Waals surface area contributed by atoms with Crippen LogP contribution in [0.2, 0.25) is 0 Å². The summed E-state index contributed by atoms with van der Waals surface area (Å²) in [6.07, 6.45) is 6.27. The average molecular weight is 350 g/mol. The van der Waals surface area contributed by atoms with Crippen molar-refractivity contribution in [3.63, 3.8) is 0 Å². The number of likely N-dealkylation sites (tertiary alicyclic amines) is 1. The van der Waals surface area contributed by atoms with E-state index < -0.39 is 0 Å². The predicted molar refractivity (Wildman–Crippen MR) is 95.9 cm³/mol. The van der Waals surface area contributed by atoms with Crippen molar-refractivity contribution in [2.24, 2.45) is 0 Å². The molecule has 6 heteroatoms. The Hall–Kier alpha value is -1.56. The van der Waals surface area contributed by atoms with Crippen molar-refractivity contribution in [1.29, 1.82) is 0 Å². The Morgan fingerprint density at radius 1 is 1.38 bits per heavy atom. The summed E-state index contributed by atoms with van der Waals surface area (Å²) >= 11 is 1.67. The normalized spacial score (nSPS) is 22.0. The average Bonchev–Trinajstić information content (AvgIpc) is 3.22. The van der Waals surface area contributed by atoms with Gasteiger partial charge in [0.05, 0.1) is 6.04 Å². The van der Waals surface area contributed by atoms with E-state index in [0.717, 1.165) is 12.8 Å². The molecule has 0 radical (unpaired) electrons. The molecule has 1 atom stereocenters. The maximum atomic E-state index is 12.9. The number of hydrogen-bond acceptors (Lipinski definition) is 3. The van der Waals surface area contributed by atoms with Crippen LogP contribution in [0.1, 0.15) is 51.0 Å². The van der Waals surface area contributed by atoms with Crippen LogP contribution in [0.4, 0.5) is 4.79 Å². The van der Waals surface area contributed by atoms with E-state index in [-0.39, 0.29) is 18.0 Å². The standard InChI is InChI=1S/C18H27N3O2S/c1-2-20-12-15(10-17(20)22)19-18(23)21(11-14-8-9-24-13-14)16-6-4-3-5-7-16/h8-9,13,15-16H,2-7,10-12H2,1H3,(H,19,23)/t15-/m1/s1. The summed E-state index contributed by atoms with van der Waals surface area (Å²) in [7, 11) is 0. The molecule has 2 fully saturated rings. The molecule has 1 aliphatic carbocycles. The van der Waals surface area contributed by atoms with Gasteiger partial charge in [0.1, 0.15) is 0 Å². The minimum absolute atomic E-state index is 0.0103. The van der Waals surface area contributed by atoms with Gasteiger partial charge in [-0.2, -0.15) is 11.3 Å². The highest BCUT2D eigenvalue weighted by Gasteiger charge is 2.32. The van der Waals surface area contributed by atoms with E-state index in [2.05, 4.69) is 22.1 Å². The van der Waals surface area contributed by atoms with Crippen molar-refractivity contribution in [2.45, 2.75) is 64.1 Å². The van der Waals surface area contributed by atoms with E-state index in [0.29, 0.717) is 32.1 Å². The topological polar surface area (TPSA) is 52.7 Å². The molecule has 5 nitrogen and oxygen atoms in total. The number of carbonyl (C=O) groups excluding carboxylic acids is 2. The summed E-state index contributed by atoms with van der Waals surface area (Å²) < 4.78 is 0. The molecular formula is C18H27N3O2S. The maximum absolute atomic E-state index is 12.9. The third-order valence-electron chi connectivity index (χ3n) is 5.13. The first-order chi connectivity index (χ1) is 11.7. The molecular weight excluding hydrogens is 322 g/mol. The smallest absolute Gasteiger partial charge is 0.318 e. The summed E-state index contributed by atoms with van der Waals surface area (Å²) in [5.41, 5.74) is 1.19. The molecule has 0 unspecified atom stereocenters. The van der Waals surface area contributed by atoms with Crippen LogP contribution in [-0.4, -0.2) is 46.9 Å².